The summed E-state index contributed by atoms with van der Waals surface area (Å²) in [4.78, 5) is 42.0. The monoisotopic (exact) mass is 362 g/mol. The van der Waals surface area contributed by atoms with Crippen LogP contribution in [-0.4, -0.2) is 18.2 Å². The summed E-state index contributed by atoms with van der Waals surface area (Å²) >= 11 is 0. The Kier molecular flexibility index (Phi) is 7.48. The Morgan fingerprint density at radius 2 is 1.19 bits per heavy atom. The molecule has 0 bridgehead atoms. The molecule has 0 aliphatic rings. The molecule has 0 saturated heterocycles. The van der Waals surface area contributed by atoms with E-state index < -0.39 is 11.9 Å². The maximum Gasteiger partial charge on any atom is 0.386 e. The van der Waals surface area contributed by atoms with E-state index in [4.69, 9.17) is 0 Å². The molecule has 0 spiro atoms. The van der Waals surface area contributed by atoms with Crippen molar-refractivity contribution in [2.45, 2.75) is 6.92 Å². The van der Waals surface area contributed by atoms with Crippen molar-refractivity contribution >= 4 is 18.2 Å². The first kappa shape index (κ1) is 19.6. The molecule has 0 unspecified atom stereocenters. The molecule has 0 aliphatic heterocycles. The molecule has 5 nitrogen and oxygen atoms in total. The van der Waals surface area contributed by atoms with Crippen molar-refractivity contribution in [3.63, 3.8) is 0 Å². The van der Waals surface area contributed by atoms with Crippen molar-refractivity contribution < 1.29 is 24.2 Å². The van der Waals surface area contributed by atoms with Gasteiger partial charge >= 0.3 is 11.9 Å². The zero-order valence-corrected chi connectivity index (χ0v) is 14.7. The van der Waals surface area contributed by atoms with Crippen molar-refractivity contribution in [3.8, 4) is 0 Å². The topological polar surface area (TPSA) is 69.7 Å². The molecule has 0 N–H and O–H groups in total. The van der Waals surface area contributed by atoms with Gasteiger partial charge in [0, 0.05) is 5.56 Å². The van der Waals surface area contributed by atoms with Crippen molar-refractivity contribution in [1.82, 2.24) is 0 Å². The predicted molar refractivity (Wildman–Crippen MR) is 100 cm³/mol. The highest BCUT2D eigenvalue weighted by Gasteiger charge is 2.12. The molecule has 0 atom stereocenters. The highest BCUT2D eigenvalue weighted by Crippen LogP contribution is 2.05. The molecule has 0 fully saturated rings. The summed E-state index contributed by atoms with van der Waals surface area (Å²) in [5.74, 6) is -1.42. The van der Waals surface area contributed by atoms with Crippen molar-refractivity contribution in [3.05, 3.63) is 107 Å². The van der Waals surface area contributed by atoms with Gasteiger partial charge < -0.3 is 0 Å². The van der Waals surface area contributed by atoms with Gasteiger partial charge in [-0.15, -0.1) is 0 Å². The number of hydrogen-bond acceptors (Lipinski definition) is 5. The van der Waals surface area contributed by atoms with Gasteiger partial charge in [-0.05, 0) is 37.3 Å². The minimum Gasteiger partial charge on any atom is -0.298 e. The Bertz CT molecular complexity index is 837. The van der Waals surface area contributed by atoms with E-state index in [1.807, 2.05) is 25.1 Å². The number of rotatable bonds is 3. The third kappa shape index (κ3) is 6.59. The normalized spacial score (nSPS) is 9.37. The van der Waals surface area contributed by atoms with E-state index in [0.29, 0.717) is 11.1 Å². The fourth-order valence-electron chi connectivity index (χ4n) is 2.06. The molecule has 27 heavy (non-hydrogen) atoms. The van der Waals surface area contributed by atoms with Gasteiger partial charge in [0.25, 0.3) is 0 Å². The third-order valence-electron chi connectivity index (χ3n) is 3.39. The number of carbonyl (C=O) groups is 3. The van der Waals surface area contributed by atoms with Crippen molar-refractivity contribution in [2.24, 2.45) is 0 Å². The Morgan fingerprint density at radius 1 is 0.704 bits per heavy atom. The minimum absolute atomic E-state index is 0.318. The largest absolute Gasteiger partial charge is 0.386 e. The maximum atomic E-state index is 11.5. The quantitative estimate of drug-likeness (QED) is 0.392. The minimum atomic E-state index is -0.708. The lowest BCUT2D eigenvalue weighted by molar-refractivity contribution is -0.187. The van der Waals surface area contributed by atoms with E-state index >= 15 is 0 Å². The van der Waals surface area contributed by atoms with Crippen LogP contribution >= 0.6 is 0 Å². The molecule has 0 aromatic heterocycles. The average Bonchev–Trinajstić information content (AvgIpc) is 2.73. The molecule has 3 aromatic rings. The summed E-state index contributed by atoms with van der Waals surface area (Å²) in [6.45, 7) is 1.97. The van der Waals surface area contributed by atoms with E-state index in [1.54, 1.807) is 66.7 Å². The van der Waals surface area contributed by atoms with Crippen LogP contribution < -0.4 is 0 Å². The standard InChI is InChI=1S/C14H10O4.C8H8O/c15-13(11-7-3-1-4-8-11)17-18-14(16)12-9-5-2-6-10-12;1-7-3-2-4-8(5-7)6-9/h1-10H;2-6H,1H3. The second kappa shape index (κ2) is 10.3. The predicted octanol–water partition coefficient (Wildman–Crippen LogP) is 4.42. The molecule has 5 heteroatoms. The number of benzene rings is 3. The second-order valence-electron chi connectivity index (χ2n) is 5.51. The first-order valence-corrected chi connectivity index (χ1v) is 8.15. The van der Waals surface area contributed by atoms with E-state index in [2.05, 4.69) is 9.78 Å². The van der Waals surface area contributed by atoms with Gasteiger partial charge in [0.1, 0.15) is 6.29 Å². The molecular formula is C22H18O5. The van der Waals surface area contributed by atoms with E-state index in [0.717, 1.165) is 17.4 Å². The molecule has 0 saturated carbocycles. The lowest BCUT2D eigenvalue weighted by atomic mass is 10.2. The molecule has 0 amide bonds. The highest BCUT2D eigenvalue weighted by molar-refractivity contribution is 5.92. The van der Waals surface area contributed by atoms with E-state index in [-0.39, 0.29) is 0 Å². The van der Waals surface area contributed by atoms with Crippen LogP contribution in [0.3, 0.4) is 0 Å². The van der Waals surface area contributed by atoms with Gasteiger partial charge in [-0.2, -0.15) is 0 Å². The van der Waals surface area contributed by atoms with Gasteiger partial charge in [0.15, 0.2) is 0 Å². The number of aryl methyl sites for hydroxylation is 1. The van der Waals surface area contributed by atoms with Crippen LogP contribution in [0.5, 0.6) is 0 Å². The molecule has 0 heterocycles. The van der Waals surface area contributed by atoms with Crippen LogP contribution in [0.1, 0.15) is 36.6 Å². The number of hydrogen-bond donors (Lipinski definition) is 0. The molecule has 3 aromatic carbocycles. The van der Waals surface area contributed by atoms with Gasteiger partial charge in [0.2, 0.25) is 0 Å². The zero-order chi connectivity index (χ0) is 19.5. The summed E-state index contributed by atoms with van der Waals surface area (Å²) in [7, 11) is 0. The second-order valence-corrected chi connectivity index (χ2v) is 5.51. The maximum absolute atomic E-state index is 11.5. The average molecular weight is 362 g/mol. The Balaban J connectivity index is 0.000000244. The van der Waals surface area contributed by atoms with E-state index in [9.17, 15) is 14.4 Å². The van der Waals surface area contributed by atoms with Crippen LogP contribution in [0, 0.1) is 6.92 Å². The number of aldehydes is 1. The summed E-state index contributed by atoms with van der Waals surface area (Å²) in [6.07, 6.45) is 0.854. The third-order valence-corrected chi connectivity index (χ3v) is 3.39. The fraction of sp³-hybridized carbons (Fsp3) is 0.0455. The molecule has 0 radical (unpaired) electrons. The highest BCUT2D eigenvalue weighted by atomic mass is 17.2. The van der Waals surface area contributed by atoms with Crippen LogP contribution in [-0.2, 0) is 9.78 Å². The van der Waals surface area contributed by atoms with Gasteiger partial charge in [-0.3, -0.25) is 4.79 Å². The Hall–Kier alpha value is -3.73. The van der Waals surface area contributed by atoms with Crippen LogP contribution in [0.4, 0.5) is 0 Å². The summed E-state index contributed by atoms with van der Waals surface area (Å²) in [6, 6.07) is 24.1. The zero-order valence-electron chi connectivity index (χ0n) is 14.7. The first-order valence-electron chi connectivity index (χ1n) is 8.15. The van der Waals surface area contributed by atoms with Gasteiger partial charge in [-0.25, -0.2) is 19.4 Å². The smallest absolute Gasteiger partial charge is 0.298 e. The molecule has 0 aliphatic carbocycles. The number of carbonyl (C=O) groups excluding carboxylic acids is 3. The molecule has 3 rings (SSSR count). The summed E-state index contributed by atoms with van der Waals surface area (Å²) < 4.78 is 0. The molecule has 136 valence electrons. The van der Waals surface area contributed by atoms with Crippen LogP contribution in [0.15, 0.2) is 84.9 Å². The van der Waals surface area contributed by atoms with Crippen LogP contribution in [0.25, 0.3) is 0 Å². The van der Waals surface area contributed by atoms with Crippen LogP contribution in [0.2, 0.25) is 0 Å². The summed E-state index contributed by atoms with van der Waals surface area (Å²) in [5, 5.41) is 0. The SMILES string of the molecule is Cc1cccc(C=O)c1.O=C(OOC(=O)c1ccccc1)c1ccccc1. The Morgan fingerprint density at radius 3 is 1.56 bits per heavy atom. The lowest BCUT2D eigenvalue weighted by Crippen LogP contribution is -2.11. The van der Waals surface area contributed by atoms with E-state index in [1.165, 1.54) is 0 Å². The lowest BCUT2D eigenvalue weighted by Gasteiger charge is -2.02. The van der Waals surface area contributed by atoms with Gasteiger partial charge in [0.05, 0.1) is 11.1 Å². The molecular weight excluding hydrogens is 344 g/mol. The Labute approximate surface area is 157 Å². The van der Waals surface area contributed by atoms with Crippen molar-refractivity contribution in [1.29, 1.82) is 0 Å². The fourth-order valence-corrected chi connectivity index (χ4v) is 2.06. The first-order chi connectivity index (χ1) is 13.1. The van der Waals surface area contributed by atoms with Gasteiger partial charge in [-0.1, -0.05) is 60.2 Å². The summed E-state index contributed by atoms with van der Waals surface area (Å²) in [5.41, 5.74) is 2.51. The van der Waals surface area contributed by atoms with Crippen molar-refractivity contribution in [2.75, 3.05) is 0 Å².